The zero-order valence-corrected chi connectivity index (χ0v) is 12.9. The number of ether oxygens (including phenoxy) is 1. The van der Waals surface area contributed by atoms with Crippen LogP contribution in [0, 0.1) is 0 Å². The average molecular weight is 330 g/mol. The summed E-state index contributed by atoms with van der Waals surface area (Å²) in [6, 6.07) is 12.1. The number of tetrazole rings is 1. The van der Waals surface area contributed by atoms with Gasteiger partial charge < -0.3 is 10.1 Å². The molecule has 23 heavy (non-hydrogen) atoms. The Morgan fingerprint density at radius 1 is 1.26 bits per heavy atom. The van der Waals surface area contributed by atoms with Gasteiger partial charge in [-0.05, 0) is 28.6 Å². The number of carbonyl (C=O) groups is 1. The highest BCUT2D eigenvalue weighted by atomic mass is 35.5. The SMILES string of the molecule is COc1cc(NC(=O)c2ccccc2)c(Cl)cc1-n1cnnn1. The molecule has 0 aliphatic rings. The third-order valence-corrected chi connectivity index (χ3v) is 3.46. The number of anilines is 1. The number of rotatable bonds is 4. The maximum atomic E-state index is 12.2. The number of nitrogens with zero attached hydrogens (tertiary/aromatic N) is 4. The molecule has 7 nitrogen and oxygen atoms in total. The van der Waals surface area contributed by atoms with Gasteiger partial charge in [0.25, 0.3) is 5.91 Å². The number of hydrogen-bond acceptors (Lipinski definition) is 5. The number of amides is 1. The van der Waals surface area contributed by atoms with Crippen LogP contribution < -0.4 is 10.1 Å². The van der Waals surface area contributed by atoms with E-state index >= 15 is 0 Å². The Balaban J connectivity index is 1.93. The first kappa shape index (κ1) is 15.0. The quantitative estimate of drug-likeness (QED) is 0.795. The van der Waals surface area contributed by atoms with Crippen LogP contribution in [0.5, 0.6) is 5.75 Å². The molecule has 116 valence electrons. The predicted octanol–water partition coefficient (Wildman–Crippen LogP) is 2.58. The first-order chi connectivity index (χ1) is 11.2. The minimum atomic E-state index is -0.260. The molecule has 2 aromatic carbocycles. The zero-order chi connectivity index (χ0) is 16.2. The minimum Gasteiger partial charge on any atom is -0.494 e. The molecular weight excluding hydrogens is 318 g/mol. The molecule has 8 heteroatoms. The summed E-state index contributed by atoms with van der Waals surface area (Å²) in [6.45, 7) is 0. The molecule has 0 unspecified atom stereocenters. The normalized spacial score (nSPS) is 10.3. The molecule has 0 saturated heterocycles. The molecule has 0 aliphatic carbocycles. The van der Waals surface area contributed by atoms with E-state index in [4.69, 9.17) is 16.3 Å². The molecule has 1 aromatic heterocycles. The van der Waals surface area contributed by atoms with E-state index in [1.54, 1.807) is 36.4 Å². The van der Waals surface area contributed by atoms with Gasteiger partial charge >= 0.3 is 0 Å². The first-order valence-electron chi connectivity index (χ1n) is 6.66. The molecule has 0 aliphatic heterocycles. The van der Waals surface area contributed by atoms with Crippen LogP contribution in [0.4, 0.5) is 5.69 Å². The van der Waals surface area contributed by atoms with Gasteiger partial charge in [0.1, 0.15) is 17.8 Å². The number of hydrogen-bond donors (Lipinski definition) is 1. The van der Waals surface area contributed by atoms with E-state index in [-0.39, 0.29) is 5.91 Å². The van der Waals surface area contributed by atoms with Crippen molar-refractivity contribution in [3.05, 3.63) is 59.4 Å². The lowest BCUT2D eigenvalue weighted by Crippen LogP contribution is -2.12. The van der Waals surface area contributed by atoms with Gasteiger partial charge in [-0.25, -0.2) is 0 Å². The second-order valence-electron chi connectivity index (χ2n) is 4.58. The summed E-state index contributed by atoms with van der Waals surface area (Å²) in [4.78, 5) is 12.2. The Kier molecular flexibility index (Phi) is 4.20. The summed E-state index contributed by atoms with van der Waals surface area (Å²) in [5.41, 5.74) is 1.54. The molecule has 0 bridgehead atoms. The fourth-order valence-corrected chi connectivity index (χ4v) is 2.24. The third kappa shape index (κ3) is 3.14. The second kappa shape index (κ2) is 6.45. The average Bonchev–Trinajstić information content (AvgIpc) is 3.11. The number of carbonyl (C=O) groups excluding carboxylic acids is 1. The van der Waals surface area contributed by atoms with Crippen molar-refractivity contribution in [1.82, 2.24) is 20.2 Å². The fourth-order valence-electron chi connectivity index (χ4n) is 2.04. The molecule has 0 atom stereocenters. The summed E-state index contributed by atoms with van der Waals surface area (Å²) < 4.78 is 6.75. The van der Waals surface area contributed by atoms with E-state index in [2.05, 4.69) is 20.8 Å². The Labute approximate surface area is 136 Å². The van der Waals surface area contributed by atoms with Crippen LogP contribution in [-0.2, 0) is 0 Å². The standard InChI is InChI=1S/C15H12ClN5O2/c1-23-14-8-12(18-15(22)10-5-3-2-4-6-10)11(16)7-13(14)21-9-17-19-20-21/h2-9H,1H3,(H,18,22). The molecule has 1 heterocycles. The van der Waals surface area contributed by atoms with Crippen LogP contribution in [0.1, 0.15) is 10.4 Å². The first-order valence-corrected chi connectivity index (χ1v) is 7.04. The summed E-state index contributed by atoms with van der Waals surface area (Å²) in [6.07, 6.45) is 1.43. The van der Waals surface area contributed by atoms with Crippen LogP contribution in [0.3, 0.4) is 0 Å². The van der Waals surface area contributed by atoms with Gasteiger partial charge in [0, 0.05) is 11.6 Å². The van der Waals surface area contributed by atoms with E-state index < -0.39 is 0 Å². The molecule has 3 aromatic rings. The van der Waals surface area contributed by atoms with Crippen LogP contribution >= 0.6 is 11.6 Å². The lowest BCUT2D eigenvalue weighted by Gasteiger charge is -2.13. The number of halogens is 1. The van der Waals surface area contributed by atoms with E-state index in [0.717, 1.165) is 0 Å². The fraction of sp³-hybridized carbons (Fsp3) is 0.0667. The Morgan fingerprint density at radius 2 is 2.04 bits per heavy atom. The van der Waals surface area contributed by atoms with E-state index in [9.17, 15) is 4.79 Å². The van der Waals surface area contributed by atoms with E-state index in [0.29, 0.717) is 27.7 Å². The maximum Gasteiger partial charge on any atom is 0.255 e. The molecule has 1 amide bonds. The Hall–Kier alpha value is -2.93. The van der Waals surface area contributed by atoms with Crippen LogP contribution in [0.15, 0.2) is 48.8 Å². The van der Waals surface area contributed by atoms with E-state index in [1.807, 2.05) is 6.07 Å². The topological polar surface area (TPSA) is 81.9 Å². The van der Waals surface area contributed by atoms with Crippen molar-refractivity contribution in [3.63, 3.8) is 0 Å². The van der Waals surface area contributed by atoms with Gasteiger partial charge in [0.2, 0.25) is 0 Å². The summed E-state index contributed by atoms with van der Waals surface area (Å²) in [7, 11) is 1.51. The van der Waals surface area contributed by atoms with Crippen molar-refractivity contribution in [2.24, 2.45) is 0 Å². The number of nitrogens with one attached hydrogen (secondary N) is 1. The molecular formula is C15H12ClN5O2. The number of methoxy groups -OCH3 is 1. The van der Waals surface area contributed by atoms with Gasteiger partial charge in [0.15, 0.2) is 0 Å². The highest BCUT2D eigenvalue weighted by molar-refractivity contribution is 6.34. The highest BCUT2D eigenvalue weighted by Crippen LogP contribution is 2.33. The van der Waals surface area contributed by atoms with Crippen molar-refractivity contribution in [2.75, 3.05) is 12.4 Å². The summed E-state index contributed by atoms with van der Waals surface area (Å²) >= 11 is 6.25. The van der Waals surface area contributed by atoms with Gasteiger partial charge in [0.05, 0.1) is 17.8 Å². The van der Waals surface area contributed by atoms with E-state index in [1.165, 1.54) is 18.1 Å². The highest BCUT2D eigenvalue weighted by Gasteiger charge is 2.14. The summed E-state index contributed by atoms with van der Waals surface area (Å²) in [5, 5.41) is 14.1. The van der Waals surface area contributed by atoms with Crippen molar-refractivity contribution in [3.8, 4) is 11.4 Å². The predicted molar refractivity (Wildman–Crippen MR) is 85.1 cm³/mol. The number of benzene rings is 2. The van der Waals surface area contributed by atoms with Gasteiger partial charge in [-0.2, -0.15) is 4.68 Å². The molecule has 0 spiro atoms. The van der Waals surface area contributed by atoms with Crippen LogP contribution in [0.25, 0.3) is 5.69 Å². The largest absolute Gasteiger partial charge is 0.494 e. The third-order valence-electron chi connectivity index (χ3n) is 3.15. The zero-order valence-electron chi connectivity index (χ0n) is 12.1. The Morgan fingerprint density at radius 3 is 2.70 bits per heavy atom. The lowest BCUT2D eigenvalue weighted by atomic mass is 10.2. The Bertz CT molecular complexity index is 821. The lowest BCUT2D eigenvalue weighted by molar-refractivity contribution is 0.102. The monoisotopic (exact) mass is 329 g/mol. The van der Waals surface area contributed by atoms with Crippen LogP contribution in [-0.4, -0.2) is 33.2 Å². The van der Waals surface area contributed by atoms with Gasteiger partial charge in [-0.3, -0.25) is 4.79 Å². The van der Waals surface area contributed by atoms with Crippen molar-refractivity contribution >= 4 is 23.2 Å². The minimum absolute atomic E-state index is 0.260. The second-order valence-corrected chi connectivity index (χ2v) is 4.99. The molecule has 1 N–H and O–H groups in total. The van der Waals surface area contributed by atoms with Crippen molar-refractivity contribution in [2.45, 2.75) is 0 Å². The summed E-state index contributed by atoms with van der Waals surface area (Å²) in [5.74, 6) is 0.217. The molecule has 0 radical (unpaired) electrons. The maximum absolute atomic E-state index is 12.2. The smallest absolute Gasteiger partial charge is 0.255 e. The van der Waals surface area contributed by atoms with Crippen molar-refractivity contribution < 1.29 is 9.53 Å². The van der Waals surface area contributed by atoms with Gasteiger partial charge in [-0.1, -0.05) is 29.8 Å². The molecule has 0 saturated carbocycles. The van der Waals surface area contributed by atoms with Gasteiger partial charge in [-0.15, -0.1) is 5.10 Å². The van der Waals surface area contributed by atoms with Crippen LogP contribution in [0.2, 0.25) is 5.02 Å². The molecule has 3 rings (SSSR count). The van der Waals surface area contributed by atoms with Crippen molar-refractivity contribution in [1.29, 1.82) is 0 Å². The molecule has 0 fully saturated rings. The number of aromatic nitrogens is 4.